The van der Waals surface area contributed by atoms with Crippen molar-refractivity contribution in [1.29, 1.82) is 0 Å². The van der Waals surface area contributed by atoms with Crippen molar-refractivity contribution >= 4 is 40.9 Å². The summed E-state index contributed by atoms with van der Waals surface area (Å²) in [5, 5.41) is 9.35. The van der Waals surface area contributed by atoms with Gasteiger partial charge in [-0.1, -0.05) is 41.9 Å². The van der Waals surface area contributed by atoms with Gasteiger partial charge in [-0.05, 0) is 23.8 Å². The van der Waals surface area contributed by atoms with Gasteiger partial charge in [0.2, 0.25) is 5.91 Å². The van der Waals surface area contributed by atoms with Gasteiger partial charge in [0.05, 0.1) is 10.9 Å². The molecule has 3 N–H and O–H groups in total. The number of thioether (sulfide) groups is 1. The summed E-state index contributed by atoms with van der Waals surface area (Å²) in [6.07, 6.45) is 0. The Morgan fingerprint density at radius 3 is 2.62 bits per heavy atom. The highest BCUT2D eigenvalue weighted by molar-refractivity contribution is 7.99. The zero-order valence-corrected chi connectivity index (χ0v) is 14.1. The van der Waals surface area contributed by atoms with Gasteiger partial charge in [-0.3, -0.25) is 14.5 Å². The van der Waals surface area contributed by atoms with E-state index in [-0.39, 0.29) is 5.25 Å². The largest absolute Gasteiger partial charge is 0.480 e. The van der Waals surface area contributed by atoms with Crippen LogP contribution < -0.4 is 10.6 Å². The Bertz CT molecular complexity index is 785. The average molecular weight is 363 g/mol. The van der Waals surface area contributed by atoms with Crippen LogP contribution in [0.5, 0.6) is 0 Å². The minimum absolute atomic E-state index is 0.324. The predicted octanol–water partition coefficient (Wildman–Crippen LogP) is 2.93. The number of fused-ring (bicyclic) bond motifs is 1. The smallest absolute Gasteiger partial charge is 0.323 e. The number of benzene rings is 2. The van der Waals surface area contributed by atoms with Crippen molar-refractivity contribution in [2.75, 3.05) is 11.4 Å². The van der Waals surface area contributed by atoms with E-state index in [9.17, 15) is 9.59 Å². The molecule has 7 heteroatoms. The number of nitrogens with two attached hydrogens (primary N) is 1. The third kappa shape index (κ3) is 3.26. The molecule has 2 atom stereocenters. The number of carbonyl (C=O) groups excluding carboxylic acids is 1. The zero-order valence-electron chi connectivity index (χ0n) is 12.6. The molecule has 0 bridgehead atoms. The monoisotopic (exact) mass is 362 g/mol. The minimum Gasteiger partial charge on any atom is -0.480 e. The number of halogens is 1. The lowest BCUT2D eigenvalue weighted by Crippen LogP contribution is -2.47. The first-order chi connectivity index (χ1) is 11.5. The summed E-state index contributed by atoms with van der Waals surface area (Å²) >= 11 is 7.51. The molecule has 1 aliphatic rings. The number of hydrogen-bond acceptors (Lipinski definition) is 4. The standard InChI is InChI=1S/C17H15ClN2O3S/c18-11-6-7-12-13(8-11)24-16(10-4-2-1-3-5-10)15(19)17(23)20(12)9-14(21)22/h1-8,15-16H,9,19H2,(H,21,22). The number of carbonyl (C=O) groups is 2. The third-order valence-corrected chi connectivity index (χ3v) is 5.40. The Labute approximate surface area is 148 Å². The molecule has 24 heavy (non-hydrogen) atoms. The second-order valence-corrected chi connectivity index (χ2v) is 7.02. The van der Waals surface area contributed by atoms with Crippen LogP contribution in [0.2, 0.25) is 5.02 Å². The maximum absolute atomic E-state index is 12.8. The van der Waals surface area contributed by atoms with Gasteiger partial charge >= 0.3 is 5.97 Å². The van der Waals surface area contributed by atoms with E-state index in [4.69, 9.17) is 22.4 Å². The van der Waals surface area contributed by atoms with E-state index in [0.717, 1.165) is 10.5 Å². The van der Waals surface area contributed by atoms with Crippen molar-refractivity contribution < 1.29 is 14.7 Å². The van der Waals surface area contributed by atoms with Gasteiger partial charge < -0.3 is 10.8 Å². The first kappa shape index (κ1) is 16.8. The number of hydrogen-bond donors (Lipinski definition) is 2. The number of carboxylic acids is 1. The molecule has 3 rings (SSSR count). The highest BCUT2D eigenvalue weighted by Gasteiger charge is 2.37. The maximum Gasteiger partial charge on any atom is 0.323 e. The van der Waals surface area contributed by atoms with Crippen LogP contribution in [-0.4, -0.2) is 29.6 Å². The Morgan fingerprint density at radius 1 is 1.25 bits per heavy atom. The molecule has 0 aliphatic carbocycles. The van der Waals surface area contributed by atoms with Gasteiger partial charge in [0.1, 0.15) is 12.6 Å². The molecule has 0 fully saturated rings. The third-order valence-electron chi connectivity index (χ3n) is 3.77. The molecule has 1 aliphatic heterocycles. The summed E-state index contributed by atoms with van der Waals surface area (Å²) in [7, 11) is 0. The number of rotatable bonds is 3. The van der Waals surface area contributed by atoms with Crippen molar-refractivity contribution in [3.05, 3.63) is 59.1 Å². The summed E-state index contributed by atoms with van der Waals surface area (Å²) in [6, 6.07) is 13.6. The number of carboxylic acid groups (broad SMARTS) is 1. The average Bonchev–Trinajstić information content (AvgIpc) is 2.66. The van der Waals surface area contributed by atoms with Gasteiger partial charge in [-0.2, -0.15) is 0 Å². The van der Waals surface area contributed by atoms with Crippen LogP contribution >= 0.6 is 23.4 Å². The fourth-order valence-corrected chi connectivity index (χ4v) is 4.22. The Kier molecular flexibility index (Phi) is 4.80. The molecule has 124 valence electrons. The van der Waals surface area contributed by atoms with Gasteiger partial charge in [-0.15, -0.1) is 11.8 Å². The molecule has 1 amide bonds. The molecule has 2 aromatic rings. The van der Waals surface area contributed by atoms with Gasteiger partial charge in [-0.25, -0.2) is 0 Å². The van der Waals surface area contributed by atoms with Gasteiger partial charge in [0.25, 0.3) is 0 Å². The summed E-state index contributed by atoms with van der Waals surface area (Å²) in [5.41, 5.74) is 7.63. The second-order valence-electron chi connectivity index (χ2n) is 5.41. The molecule has 2 aromatic carbocycles. The molecule has 0 saturated carbocycles. The summed E-state index contributed by atoms with van der Waals surface area (Å²) in [5.74, 6) is -1.51. The molecule has 0 radical (unpaired) electrons. The van der Waals surface area contributed by atoms with Crippen LogP contribution in [0.3, 0.4) is 0 Å². The van der Waals surface area contributed by atoms with E-state index < -0.39 is 24.5 Å². The lowest BCUT2D eigenvalue weighted by atomic mass is 10.0. The van der Waals surface area contributed by atoms with E-state index in [1.807, 2.05) is 30.3 Å². The van der Waals surface area contributed by atoms with E-state index in [2.05, 4.69) is 0 Å². The number of anilines is 1. The van der Waals surface area contributed by atoms with E-state index in [0.29, 0.717) is 10.7 Å². The van der Waals surface area contributed by atoms with Crippen LogP contribution in [0, 0.1) is 0 Å². The van der Waals surface area contributed by atoms with E-state index in [1.165, 1.54) is 16.7 Å². The summed E-state index contributed by atoms with van der Waals surface area (Å²) < 4.78 is 0. The maximum atomic E-state index is 12.8. The molecular formula is C17H15ClN2O3S. The fraction of sp³-hybridized carbons (Fsp3) is 0.176. The van der Waals surface area contributed by atoms with Crippen LogP contribution in [0.4, 0.5) is 5.69 Å². The fourth-order valence-electron chi connectivity index (χ4n) is 2.66. The van der Waals surface area contributed by atoms with E-state index in [1.54, 1.807) is 18.2 Å². The molecule has 0 aromatic heterocycles. The predicted molar refractivity (Wildman–Crippen MR) is 94.5 cm³/mol. The second kappa shape index (κ2) is 6.84. The molecule has 2 unspecified atom stereocenters. The molecule has 1 heterocycles. The number of amides is 1. The Morgan fingerprint density at radius 2 is 1.96 bits per heavy atom. The highest BCUT2D eigenvalue weighted by atomic mass is 35.5. The van der Waals surface area contributed by atoms with Gasteiger partial charge in [0.15, 0.2) is 0 Å². The zero-order chi connectivity index (χ0) is 17.3. The normalized spacial score (nSPS) is 20.4. The SMILES string of the molecule is NC1C(=O)N(CC(=O)O)c2ccc(Cl)cc2SC1c1ccccc1. The number of aliphatic carboxylic acids is 1. The van der Waals surface area contributed by atoms with E-state index >= 15 is 0 Å². The van der Waals surface area contributed by atoms with Gasteiger partial charge in [0, 0.05) is 9.92 Å². The Balaban J connectivity index is 2.10. The first-order valence-electron chi connectivity index (χ1n) is 7.27. The van der Waals surface area contributed by atoms with Crippen LogP contribution in [0.1, 0.15) is 10.8 Å². The molecule has 5 nitrogen and oxygen atoms in total. The van der Waals surface area contributed by atoms with Crippen LogP contribution in [0.15, 0.2) is 53.4 Å². The van der Waals surface area contributed by atoms with Crippen molar-refractivity contribution in [3.63, 3.8) is 0 Å². The molecule has 0 spiro atoms. The van der Waals surface area contributed by atoms with Crippen LogP contribution in [0.25, 0.3) is 0 Å². The van der Waals surface area contributed by atoms with Crippen molar-refractivity contribution in [2.45, 2.75) is 16.2 Å². The Hall–Kier alpha value is -2.02. The minimum atomic E-state index is -1.10. The molecule has 0 saturated heterocycles. The summed E-state index contributed by atoms with van der Waals surface area (Å²) in [6.45, 7) is -0.441. The van der Waals surface area contributed by atoms with Crippen LogP contribution in [-0.2, 0) is 9.59 Å². The van der Waals surface area contributed by atoms with Crippen molar-refractivity contribution in [2.24, 2.45) is 5.73 Å². The lowest BCUT2D eigenvalue weighted by Gasteiger charge is -2.24. The van der Waals surface area contributed by atoms with Crippen molar-refractivity contribution in [1.82, 2.24) is 0 Å². The first-order valence-corrected chi connectivity index (χ1v) is 8.53. The quantitative estimate of drug-likeness (QED) is 0.877. The summed E-state index contributed by atoms with van der Waals surface area (Å²) in [4.78, 5) is 25.9. The highest BCUT2D eigenvalue weighted by Crippen LogP contribution is 2.45. The lowest BCUT2D eigenvalue weighted by molar-refractivity contribution is -0.136. The topological polar surface area (TPSA) is 83.6 Å². The number of nitrogens with zero attached hydrogens (tertiary/aromatic N) is 1. The van der Waals surface area contributed by atoms with Crippen molar-refractivity contribution in [3.8, 4) is 0 Å². The molecular weight excluding hydrogens is 348 g/mol.